The molecule has 1 aliphatic rings. The van der Waals surface area contributed by atoms with Gasteiger partial charge in [0.15, 0.2) is 6.10 Å². The summed E-state index contributed by atoms with van der Waals surface area (Å²) in [7, 11) is 0. The molecule has 1 unspecified atom stereocenters. The molecule has 0 spiro atoms. The third-order valence-corrected chi connectivity index (χ3v) is 2.41. The summed E-state index contributed by atoms with van der Waals surface area (Å²) in [4.78, 5) is 2.18. The molecule has 0 amide bonds. The van der Waals surface area contributed by atoms with Crippen molar-refractivity contribution in [3.05, 3.63) is 12.2 Å². The largest absolute Gasteiger partial charge is 0.361 e. The summed E-state index contributed by atoms with van der Waals surface area (Å²) in [6.07, 6.45) is -0.276. The van der Waals surface area contributed by atoms with E-state index < -0.39 is 0 Å². The van der Waals surface area contributed by atoms with Gasteiger partial charge in [-0.1, -0.05) is 12.2 Å². The fourth-order valence-corrected chi connectivity index (χ4v) is 1.39. The van der Waals surface area contributed by atoms with Gasteiger partial charge < -0.3 is 4.74 Å². The summed E-state index contributed by atoms with van der Waals surface area (Å²) in [5.74, 6) is 0.703. The lowest BCUT2D eigenvalue weighted by Crippen LogP contribution is -2.42. The summed E-state index contributed by atoms with van der Waals surface area (Å²) >= 11 is 4.14. The summed E-state index contributed by atoms with van der Waals surface area (Å²) in [5, 5.41) is 8.66. The van der Waals surface area contributed by atoms with Gasteiger partial charge in [0.2, 0.25) is 0 Å². The second-order valence-electron chi connectivity index (χ2n) is 3.13. The number of ether oxygens (including phenoxy) is 1. The van der Waals surface area contributed by atoms with Gasteiger partial charge in [-0.05, 0) is 0 Å². The van der Waals surface area contributed by atoms with E-state index in [0.717, 1.165) is 18.7 Å². The molecule has 0 radical (unpaired) electrons. The zero-order valence-electron chi connectivity index (χ0n) is 7.57. The van der Waals surface area contributed by atoms with Crippen LogP contribution in [0.5, 0.6) is 0 Å². The van der Waals surface area contributed by atoms with Crippen LogP contribution in [0.1, 0.15) is 0 Å². The van der Waals surface area contributed by atoms with Gasteiger partial charge >= 0.3 is 0 Å². The third kappa shape index (κ3) is 3.39. The van der Waals surface area contributed by atoms with Crippen LogP contribution in [0.15, 0.2) is 12.2 Å². The topological polar surface area (TPSA) is 36.3 Å². The molecule has 0 aromatic rings. The standard InChI is InChI=1S/C9H14N2OS/c1-8(7-13)5-11-2-3-12-9(4-10)6-11/h9,13H,1-3,5-7H2. The van der Waals surface area contributed by atoms with Gasteiger partial charge in [-0.3, -0.25) is 4.90 Å². The molecule has 1 aliphatic heterocycles. The Bertz CT molecular complexity index is 224. The lowest BCUT2D eigenvalue weighted by atomic mass is 10.2. The Morgan fingerprint density at radius 1 is 1.77 bits per heavy atom. The maximum Gasteiger partial charge on any atom is 0.156 e. The van der Waals surface area contributed by atoms with E-state index in [-0.39, 0.29) is 6.10 Å². The minimum Gasteiger partial charge on any atom is -0.361 e. The molecule has 13 heavy (non-hydrogen) atoms. The Morgan fingerprint density at radius 3 is 3.15 bits per heavy atom. The molecule has 4 heteroatoms. The van der Waals surface area contributed by atoms with E-state index in [1.807, 2.05) is 0 Å². The summed E-state index contributed by atoms with van der Waals surface area (Å²) in [6, 6.07) is 2.11. The lowest BCUT2D eigenvalue weighted by molar-refractivity contribution is 0.00431. The van der Waals surface area contributed by atoms with Crippen molar-refractivity contribution in [2.24, 2.45) is 0 Å². The first-order valence-electron chi connectivity index (χ1n) is 4.27. The molecule has 1 saturated heterocycles. The smallest absolute Gasteiger partial charge is 0.156 e. The Morgan fingerprint density at radius 2 is 2.54 bits per heavy atom. The number of thiol groups is 1. The van der Waals surface area contributed by atoms with Gasteiger partial charge in [0.25, 0.3) is 0 Å². The number of morpholine rings is 1. The molecule has 0 aliphatic carbocycles. The first kappa shape index (κ1) is 10.6. The normalized spacial score (nSPS) is 23.8. The molecule has 0 aromatic carbocycles. The Kier molecular flexibility index (Phi) is 4.29. The van der Waals surface area contributed by atoms with E-state index in [4.69, 9.17) is 10.00 Å². The first-order valence-corrected chi connectivity index (χ1v) is 4.90. The Balaban J connectivity index is 2.35. The molecule has 3 nitrogen and oxygen atoms in total. The molecule has 1 fully saturated rings. The SMILES string of the molecule is C=C(CS)CN1CCOC(C#N)C1. The number of nitriles is 1. The number of nitrogens with zero attached hydrogens (tertiary/aromatic N) is 2. The lowest BCUT2D eigenvalue weighted by Gasteiger charge is -2.29. The van der Waals surface area contributed by atoms with Crippen molar-refractivity contribution in [2.75, 3.05) is 32.0 Å². The van der Waals surface area contributed by atoms with E-state index in [1.54, 1.807) is 0 Å². The summed E-state index contributed by atoms with van der Waals surface area (Å²) in [6.45, 7) is 6.90. The first-order chi connectivity index (χ1) is 6.26. The fourth-order valence-electron chi connectivity index (χ4n) is 1.29. The van der Waals surface area contributed by atoms with Crippen LogP contribution in [-0.4, -0.2) is 43.0 Å². The molecular formula is C9H14N2OS. The monoisotopic (exact) mass is 198 g/mol. The fraction of sp³-hybridized carbons (Fsp3) is 0.667. The molecule has 72 valence electrons. The van der Waals surface area contributed by atoms with Crippen LogP contribution in [0.4, 0.5) is 0 Å². The molecule has 0 saturated carbocycles. The Hall–Kier alpha value is -0.500. The van der Waals surface area contributed by atoms with E-state index >= 15 is 0 Å². The highest BCUT2D eigenvalue weighted by molar-refractivity contribution is 7.80. The quantitative estimate of drug-likeness (QED) is 0.535. The average Bonchev–Trinajstić information content (AvgIpc) is 2.18. The maximum absolute atomic E-state index is 8.66. The predicted molar refractivity (Wildman–Crippen MR) is 54.8 cm³/mol. The molecular weight excluding hydrogens is 184 g/mol. The van der Waals surface area contributed by atoms with Crippen LogP contribution in [0.3, 0.4) is 0 Å². The van der Waals surface area contributed by atoms with Gasteiger partial charge in [-0.25, -0.2) is 0 Å². The van der Waals surface area contributed by atoms with Gasteiger partial charge in [0.05, 0.1) is 12.7 Å². The molecule has 0 N–H and O–H groups in total. The second-order valence-corrected chi connectivity index (χ2v) is 3.45. The molecule has 1 rings (SSSR count). The minimum absolute atomic E-state index is 0.276. The second kappa shape index (κ2) is 5.28. The van der Waals surface area contributed by atoms with Crippen molar-refractivity contribution in [2.45, 2.75) is 6.10 Å². The third-order valence-electron chi connectivity index (χ3n) is 1.97. The van der Waals surface area contributed by atoms with Gasteiger partial charge in [-0.15, -0.1) is 0 Å². The molecule has 1 heterocycles. The molecule has 1 atom stereocenters. The van der Waals surface area contributed by atoms with Crippen molar-refractivity contribution >= 4 is 12.6 Å². The van der Waals surface area contributed by atoms with Crippen molar-refractivity contribution in [1.82, 2.24) is 4.90 Å². The van der Waals surface area contributed by atoms with Crippen molar-refractivity contribution in [1.29, 1.82) is 5.26 Å². The van der Waals surface area contributed by atoms with Crippen LogP contribution in [0.2, 0.25) is 0 Å². The summed E-state index contributed by atoms with van der Waals surface area (Å²) in [5.41, 5.74) is 1.09. The van der Waals surface area contributed by atoms with Crippen molar-refractivity contribution < 1.29 is 4.74 Å². The highest BCUT2D eigenvalue weighted by Crippen LogP contribution is 2.06. The van der Waals surface area contributed by atoms with Gasteiger partial charge in [0.1, 0.15) is 0 Å². The molecule has 0 bridgehead atoms. The van der Waals surface area contributed by atoms with Crippen LogP contribution in [0, 0.1) is 11.3 Å². The highest BCUT2D eigenvalue weighted by atomic mass is 32.1. The van der Waals surface area contributed by atoms with Gasteiger partial charge in [0, 0.05) is 25.4 Å². The number of hydrogen-bond donors (Lipinski definition) is 1. The molecule has 0 aromatic heterocycles. The zero-order valence-corrected chi connectivity index (χ0v) is 8.46. The van der Waals surface area contributed by atoms with E-state index in [0.29, 0.717) is 18.9 Å². The van der Waals surface area contributed by atoms with Crippen molar-refractivity contribution in [3.63, 3.8) is 0 Å². The average molecular weight is 198 g/mol. The minimum atomic E-state index is -0.276. The van der Waals surface area contributed by atoms with E-state index in [9.17, 15) is 0 Å². The summed E-state index contributed by atoms with van der Waals surface area (Å²) < 4.78 is 5.22. The zero-order chi connectivity index (χ0) is 9.68. The van der Waals surface area contributed by atoms with Crippen LogP contribution in [0.25, 0.3) is 0 Å². The van der Waals surface area contributed by atoms with E-state index in [1.165, 1.54) is 0 Å². The van der Waals surface area contributed by atoms with Crippen LogP contribution < -0.4 is 0 Å². The highest BCUT2D eigenvalue weighted by Gasteiger charge is 2.19. The van der Waals surface area contributed by atoms with Crippen LogP contribution >= 0.6 is 12.6 Å². The number of hydrogen-bond acceptors (Lipinski definition) is 4. The predicted octanol–water partition coefficient (Wildman–Crippen LogP) is 0.697. The number of rotatable bonds is 3. The van der Waals surface area contributed by atoms with Gasteiger partial charge in [-0.2, -0.15) is 17.9 Å². The Labute approximate surface area is 84.4 Å². The van der Waals surface area contributed by atoms with Crippen LogP contribution in [-0.2, 0) is 4.74 Å². The maximum atomic E-state index is 8.66. The van der Waals surface area contributed by atoms with Crippen molar-refractivity contribution in [3.8, 4) is 6.07 Å². The van der Waals surface area contributed by atoms with E-state index in [2.05, 4.69) is 30.2 Å².